The zero-order valence-electron chi connectivity index (χ0n) is 6.79. The second-order valence-corrected chi connectivity index (χ2v) is 3.57. The maximum Gasteiger partial charge on any atom is 0.0793 e. The molecule has 0 atom stereocenters. The number of aromatic nitrogens is 2. The van der Waals surface area contributed by atoms with E-state index in [2.05, 4.69) is 26.1 Å². The van der Waals surface area contributed by atoms with Gasteiger partial charge < -0.3 is 5.73 Å². The van der Waals surface area contributed by atoms with Crippen LogP contribution in [0.15, 0.2) is 34.9 Å². The monoisotopic (exact) mass is 237 g/mol. The van der Waals surface area contributed by atoms with Crippen LogP contribution in [0.4, 0.5) is 5.69 Å². The van der Waals surface area contributed by atoms with Crippen LogP contribution in [0.25, 0.3) is 11.3 Å². The van der Waals surface area contributed by atoms with Gasteiger partial charge in [0.15, 0.2) is 0 Å². The van der Waals surface area contributed by atoms with Gasteiger partial charge in [-0.15, -0.1) is 0 Å². The minimum atomic E-state index is 0.749. The first-order valence-corrected chi connectivity index (χ1v) is 4.61. The van der Waals surface area contributed by atoms with Gasteiger partial charge in [-0.1, -0.05) is 12.1 Å². The number of H-pyrrole nitrogens is 1. The van der Waals surface area contributed by atoms with Crippen molar-refractivity contribution in [3.63, 3.8) is 0 Å². The maximum absolute atomic E-state index is 5.67. The van der Waals surface area contributed by atoms with Crippen molar-refractivity contribution in [1.82, 2.24) is 10.2 Å². The van der Waals surface area contributed by atoms with Gasteiger partial charge >= 0.3 is 0 Å². The number of nitrogen functional groups attached to an aromatic ring is 1. The van der Waals surface area contributed by atoms with Crippen LogP contribution >= 0.6 is 15.9 Å². The van der Waals surface area contributed by atoms with Gasteiger partial charge in [0.25, 0.3) is 0 Å². The van der Waals surface area contributed by atoms with Crippen molar-refractivity contribution >= 4 is 21.6 Å². The van der Waals surface area contributed by atoms with Crippen LogP contribution in [0.5, 0.6) is 0 Å². The molecule has 1 aromatic carbocycles. The number of hydrogen-bond donors (Lipinski definition) is 2. The molecule has 0 aliphatic rings. The highest BCUT2D eigenvalue weighted by molar-refractivity contribution is 9.10. The maximum atomic E-state index is 5.67. The normalized spacial score (nSPS) is 10.2. The fraction of sp³-hybridized carbons (Fsp3) is 0. The number of benzene rings is 1. The molecule has 4 heteroatoms. The van der Waals surface area contributed by atoms with Crippen molar-refractivity contribution in [3.05, 3.63) is 34.9 Å². The van der Waals surface area contributed by atoms with Crippen molar-refractivity contribution in [3.8, 4) is 11.3 Å². The van der Waals surface area contributed by atoms with Crippen LogP contribution in [0.1, 0.15) is 0 Å². The molecule has 1 aromatic heterocycles. The number of rotatable bonds is 1. The number of nitrogens with two attached hydrogens (primary N) is 1. The molecule has 13 heavy (non-hydrogen) atoms. The average Bonchev–Trinajstić information content (AvgIpc) is 2.51. The highest BCUT2D eigenvalue weighted by Crippen LogP contribution is 2.26. The fourth-order valence-electron chi connectivity index (χ4n) is 1.17. The zero-order chi connectivity index (χ0) is 9.26. The van der Waals surface area contributed by atoms with Gasteiger partial charge in [-0.3, -0.25) is 5.10 Å². The summed E-state index contributed by atoms with van der Waals surface area (Å²) in [5.74, 6) is 0. The van der Waals surface area contributed by atoms with E-state index in [0.29, 0.717) is 0 Å². The Labute approximate surface area is 84.1 Å². The van der Waals surface area contributed by atoms with E-state index in [0.717, 1.165) is 21.4 Å². The summed E-state index contributed by atoms with van der Waals surface area (Å²) in [5.41, 5.74) is 8.40. The van der Waals surface area contributed by atoms with Crippen LogP contribution in [0.3, 0.4) is 0 Å². The third-order valence-corrected chi connectivity index (χ3v) is 2.37. The summed E-state index contributed by atoms with van der Waals surface area (Å²) in [6.07, 6.45) is 1.72. The van der Waals surface area contributed by atoms with Gasteiger partial charge in [0.2, 0.25) is 0 Å². The molecule has 3 nitrogen and oxygen atoms in total. The van der Waals surface area contributed by atoms with Gasteiger partial charge in [-0.2, -0.15) is 5.10 Å². The highest BCUT2D eigenvalue weighted by atomic mass is 79.9. The minimum Gasteiger partial charge on any atom is -0.399 e. The molecule has 0 aliphatic carbocycles. The number of aromatic amines is 1. The number of nitrogens with zero attached hydrogens (tertiary/aromatic N) is 1. The number of hydrogen-bond acceptors (Lipinski definition) is 2. The van der Waals surface area contributed by atoms with Gasteiger partial charge in [-0.05, 0) is 28.1 Å². The molecule has 0 amide bonds. The molecule has 0 bridgehead atoms. The lowest BCUT2D eigenvalue weighted by Gasteiger charge is -1.99. The van der Waals surface area contributed by atoms with Crippen molar-refractivity contribution < 1.29 is 0 Å². The molecule has 0 saturated heterocycles. The van der Waals surface area contributed by atoms with E-state index < -0.39 is 0 Å². The summed E-state index contributed by atoms with van der Waals surface area (Å²) in [6.45, 7) is 0. The summed E-state index contributed by atoms with van der Waals surface area (Å²) in [6, 6.07) is 7.65. The third kappa shape index (κ3) is 1.58. The van der Waals surface area contributed by atoms with Gasteiger partial charge in [0, 0.05) is 11.3 Å². The van der Waals surface area contributed by atoms with Crippen LogP contribution in [-0.2, 0) is 0 Å². The van der Waals surface area contributed by atoms with Crippen molar-refractivity contribution in [2.24, 2.45) is 0 Å². The summed E-state index contributed by atoms with van der Waals surface area (Å²) in [4.78, 5) is 0. The Morgan fingerprint density at radius 3 is 2.85 bits per heavy atom. The van der Waals surface area contributed by atoms with E-state index in [9.17, 15) is 0 Å². The van der Waals surface area contributed by atoms with Gasteiger partial charge in [-0.25, -0.2) is 0 Å². The lowest BCUT2D eigenvalue weighted by atomic mass is 10.1. The number of nitrogens with one attached hydrogen (secondary N) is 1. The fourth-order valence-corrected chi connectivity index (χ4v) is 1.59. The second-order valence-electron chi connectivity index (χ2n) is 2.72. The molecular formula is C9H8BrN3. The van der Waals surface area contributed by atoms with Gasteiger partial charge in [0.1, 0.15) is 0 Å². The molecule has 3 N–H and O–H groups in total. The quantitative estimate of drug-likeness (QED) is 0.749. The Hall–Kier alpha value is -1.29. The summed E-state index contributed by atoms with van der Waals surface area (Å²) in [7, 11) is 0. The summed E-state index contributed by atoms with van der Waals surface area (Å²) >= 11 is 3.39. The average molecular weight is 238 g/mol. The van der Waals surface area contributed by atoms with Gasteiger partial charge in [0.05, 0.1) is 16.4 Å². The Bertz CT molecular complexity index is 422. The molecule has 66 valence electrons. The predicted octanol–water partition coefficient (Wildman–Crippen LogP) is 2.42. The molecule has 0 unspecified atom stereocenters. The van der Waals surface area contributed by atoms with E-state index in [4.69, 9.17) is 5.73 Å². The Kier molecular flexibility index (Phi) is 2.06. The van der Waals surface area contributed by atoms with E-state index in [1.54, 1.807) is 6.20 Å². The van der Waals surface area contributed by atoms with E-state index in [1.165, 1.54) is 0 Å². The SMILES string of the molecule is Nc1cccc(-c2[nH]ncc2Br)c1. The largest absolute Gasteiger partial charge is 0.399 e. The first-order chi connectivity index (χ1) is 6.27. The van der Waals surface area contributed by atoms with Crippen LogP contribution in [-0.4, -0.2) is 10.2 Å². The Morgan fingerprint density at radius 1 is 1.38 bits per heavy atom. The standard InChI is InChI=1S/C9H8BrN3/c10-8-5-12-13-9(8)6-2-1-3-7(11)4-6/h1-5H,11H2,(H,12,13). The van der Waals surface area contributed by atoms with E-state index in [-0.39, 0.29) is 0 Å². The van der Waals surface area contributed by atoms with Crippen molar-refractivity contribution in [2.75, 3.05) is 5.73 Å². The highest BCUT2D eigenvalue weighted by Gasteiger charge is 2.04. The van der Waals surface area contributed by atoms with Crippen molar-refractivity contribution in [2.45, 2.75) is 0 Å². The Morgan fingerprint density at radius 2 is 2.23 bits per heavy atom. The molecule has 0 aliphatic heterocycles. The predicted molar refractivity (Wildman–Crippen MR) is 56.1 cm³/mol. The zero-order valence-corrected chi connectivity index (χ0v) is 8.38. The summed E-state index contributed by atoms with van der Waals surface area (Å²) in [5, 5.41) is 6.81. The minimum absolute atomic E-state index is 0.749. The first-order valence-electron chi connectivity index (χ1n) is 3.82. The summed E-state index contributed by atoms with van der Waals surface area (Å²) < 4.78 is 0.943. The smallest absolute Gasteiger partial charge is 0.0793 e. The molecule has 0 fully saturated rings. The lowest BCUT2D eigenvalue weighted by Crippen LogP contribution is -1.85. The molecular weight excluding hydrogens is 230 g/mol. The van der Waals surface area contributed by atoms with Crippen molar-refractivity contribution in [1.29, 1.82) is 0 Å². The van der Waals surface area contributed by atoms with Crippen LogP contribution in [0.2, 0.25) is 0 Å². The lowest BCUT2D eigenvalue weighted by molar-refractivity contribution is 1.10. The molecule has 1 heterocycles. The van der Waals surface area contributed by atoms with E-state index in [1.807, 2.05) is 24.3 Å². The molecule has 0 radical (unpaired) electrons. The molecule has 0 spiro atoms. The third-order valence-electron chi connectivity index (χ3n) is 1.77. The van der Waals surface area contributed by atoms with Crippen LogP contribution < -0.4 is 5.73 Å². The van der Waals surface area contributed by atoms with Crippen LogP contribution in [0, 0.1) is 0 Å². The second kappa shape index (κ2) is 3.22. The molecule has 2 rings (SSSR count). The van der Waals surface area contributed by atoms with E-state index >= 15 is 0 Å². The Balaban J connectivity index is 2.53. The molecule has 2 aromatic rings. The number of halogens is 1. The molecule has 0 saturated carbocycles. The number of anilines is 1. The topological polar surface area (TPSA) is 54.7 Å². The first kappa shape index (κ1) is 8.31.